The lowest BCUT2D eigenvalue weighted by atomic mass is 10.6. The molecule has 21 heavy (non-hydrogen) atoms. The van der Waals surface area contributed by atoms with Crippen LogP contribution in [0.5, 0.6) is 0 Å². The zero-order valence-corrected chi connectivity index (χ0v) is 13.9. The first kappa shape index (κ1) is 18.3. The van der Waals surface area contributed by atoms with Crippen LogP contribution in [0.1, 0.15) is 0 Å². The number of hydrogen-bond acceptors (Lipinski definition) is 7. The average Bonchev–Trinajstić information content (AvgIpc) is 2.76. The summed E-state index contributed by atoms with van der Waals surface area (Å²) in [5.74, 6) is 0. The third-order valence-electron chi connectivity index (χ3n) is 2.33. The van der Waals surface area contributed by atoms with E-state index in [1.807, 2.05) is 19.0 Å². The maximum Gasteiger partial charge on any atom is 0.300 e. The number of nitrogens with zero attached hydrogens (tertiary/aromatic N) is 2. The summed E-state index contributed by atoms with van der Waals surface area (Å²) in [6, 6.07) is 0.947. The van der Waals surface area contributed by atoms with Gasteiger partial charge in [-0.15, -0.1) is 11.3 Å². The lowest BCUT2D eigenvalue weighted by molar-refractivity contribution is -0.384. The van der Waals surface area contributed by atoms with Crippen molar-refractivity contribution in [3.8, 4) is 0 Å². The number of likely N-dealkylation sites (N-methyl/N-ethyl adjacent to an activating group) is 1. The highest BCUT2D eigenvalue weighted by atomic mass is 35.5. The van der Waals surface area contributed by atoms with Gasteiger partial charge in [0.1, 0.15) is 4.21 Å². The number of rotatable bonds is 9. The Kier molecular flexibility index (Phi) is 6.97. The Morgan fingerprint density at radius 2 is 2.14 bits per heavy atom. The summed E-state index contributed by atoms with van der Waals surface area (Å²) < 4.78 is 31.0. The molecule has 0 aromatic carbocycles. The Morgan fingerprint density at radius 1 is 1.48 bits per heavy atom. The molecule has 8 nitrogen and oxygen atoms in total. The second-order valence-corrected chi connectivity index (χ2v) is 7.94. The second kappa shape index (κ2) is 8.01. The summed E-state index contributed by atoms with van der Waals surface area (Å²) in [6.07, 6.45) is 0. The summed E-state index contributed by atoms with van der Waals surface area (Å²) in [4.78, 5) is 11.9. The Balaban J connectivity index is 2.50. The van der Waals surface area contributed by atoms with Crippen molar-refractivity contribution in [1.82, 2.24) is 9.62 Å². The number of nitro groups is 1. The largest absolute Gasteiger partial charge is 0.379 e. The Bertz CT molecular complexity index is 588. The predicted octanol–water partition coefficient (Wildman–Crippen LogP) is 1.17. The molecule has 11 heteroatoms. The van der Waals surface area contributed by atoms with Gasteiger partial charge in [-0.1, -0.05) is 11.6 Å². The monoisotopic (exact) mass is 357 g/mol. The van der Waals surface area contributed by atoms with Gasteiger partial charge in [-0.05, 0) is 14.1 Å². The van der Waals surface area contributed by atoms with Crippen molar-refractivity contribution >= 4 is 38.6 Å². The van der Waals surface area contributed by atoms with Crippen molar-refractivity contribution in [2.75, 3.05) is 40.4 Å². The minimum atomic E-state index is -3.81. The fraction of sp³-hybridized carbons (Fsp3) is 0.600. The predicted molar refractivity (Wildman–Crippen MR) is 80.5 cm³/mol. The van der Waals surface area contributed by atoms with Crippen LogP contribution in [-0.2, 0) is 14.8 Å². The van der Waals surface area contributed by atoms with Crippen molar-refractivity contribution < 1.29 is 18.1 Å². The standard InChI is InChI=1S/C10H16ClN3O5S2/c1-13(2)4-6-19-5-3-12-21(17,18)9-7-8(14(15)16)10(11)20-9/h7,12H,3-6H2,1-2H3. The van der Waals surface area contributed by atoms with Gasteiger partial charge in [0, 0.05) is 19.2 Å². The van der Waals surface area contributed by atoms with Crippen LogP contribution in [0.15, 0.2) is 10.3 Å². The molecule has 1 heterocycles. The molecule has 0 fully saturated rings. The summed E-state index contributed by atoms with van der Waals surface area (Å²) in [6.45, 7) is 1.53. The van der Waals surface area contributed by atoms with Gasteiger partial charge in [0.2, 0.25) is 10.0 Å². The Morgan fingerprint density at radius 3 is 2.67 bits per heavy atom. The summed E-state index contributed by atoms with van der Waals surface area (Å²) in [5.41, 5.74) is -0.413. The molecule has 0 amide bonds. The zero-order valence-electron chi connectivity index (χ0n) is 11.5. The first-order valence-corrected chi connectivity index (χ1v) is 8.57. The van der Waals surface area contributed by atoms with Crippen LogP contribution in [-0.4, -0.2) is 58.6 Å². The zero-order chi connectivity index (χ0) is 16.0. The molecule has 1 aromatic rings. The number of hydrogen-bond donors (Lipinski definition) is 1. The van der Waals surface area contributed by atoms with Crippen LogP contribution >= 0.6 is 22.9 Å². The molecule has 120 valence electrons. The van der Waals surface area contributed by atoms with Gasteiger partial charge in [0.05, 0.1) is 18.1 Å². The molecule has 0 aliphatic heterocycles. The highest BCUT2D eigenvalue weighted by molar-refractivity contribution is 7.91. The van der Waals surface area contributed by atoms with Gasteiger partial charge in [0.25, 0.3) is 5.69 Å². The quantitative estimate of drug-likeness (QED) is 0.404. The molecule has 0 aliphatic carbocycles. The number of nitrogens with one attached hydrogen (secondary N) is 1. The van der Waals surface area contributed by atoms with Gasteiger partial charge in [0.15, 0.2) is 4.34 Å². The minimum Gasteiger partial charge on any atom is -0.379 e. The number of thiophene rings is 1. The number of sulfonamides is 1. The van der Waals surface area contributed by atoms with Crippen LogP contribution in [0.3, 0.4) is 0 Å². The lowest BCUT2D eigenvalue weighted by Crippen LogP contribution is -2.28. The molecule has 0 bridgehead atoms. The third-order valence-corrected chi connectivity index (χ3v) is 5.60. The molecule has 0 unspecified atom stereocenters. The molecular formula is C10H16ClN3O5S2. The maximum atomic E-state index is 11.9. The first-order chi connectivity index (χ1) is 9.74. The van der Waals surface area contributed by atoms with Gasteiger partial charge in [-0.2, -0.15) is 0 Å². The molecule has 0 saturated carbocycles. The van der Waals surface area contributed by atoms with Crippen LogP contribution in [0.4, 0.5) is 5.69 Å². The summed E-state index contributed by atoms with van der Waals surface area (Å²) in [7, 11) is -0.00519. The van der Waals surface area contributed by atoms with E-state index in [4.69, 9.17) is 16.3 Å². The van der Waals surface area contributed by atoms with Crippen molar-refractivity contribution in [2.24, 2.45) is 0 Å². The van der Waals surface area contributed by atoms with E-state index in [9.17, 15) is 18.5 Å². The van der Waals surface area contributed by atoms with Crippen molar-refractivity contribution in [2.45, 2.75) is 4.21 Å². The normalized spacial score (nSPS) is 12.0. The molecule has 0 aliphatic rings. The Labute approximate surface area is 131 Å². The molecule has 0 atom stereocenters. The van der Waals surface area contributed by atoms with Crippen molar-refractivity contribution in [3.05, 3.63) is 20.5 Å². The van der Waals surface area contributed by atoms with Crippen molar-refractivity contribution in [1.29, 1.82) is 0 Å². The Hall–Kier alpha value is -0.780. The van der Waals surface area contributed by atoms with E-state index in [1.165, 1.54) is 0 Å². The smallest absolute Gasteiger partial charge is 0.300 e. The van der Waals surface area contributed by atoms with Crippen LogP contribution in [0, 0.1) is 10.1 Å². The van der Waals surface area contributed by atoms with E-state index in [1.54, 1.807) is 0 Å². The van der Waals surface area contributed by atoms with E-state index < -0.39 is 20.6 Å². The van der Waals surface area contributed by atoms with E-state index in [0.717, 1.165) is 12.6 Å². The molecule has 0 spiro atoms. The minimum absolute atomic E-state index is 0.0824. The molecule has 1 rings (SSSR count). The molecule has 0 radical (unpaired) electrons. The summed E-state index contributed by atoms with van der Waals surface area (Å²) >= 11 is 6.28. The fourth-order valence-electron chi connectivity index (χ4n) is 1.26. The van der Waals surface area contributed by atoms with Crippen LogP contribution in [0.25, 0.3) is 0 Å². The van der Waals surface area contributed by atoms with Gasteiger partial charge >= 0.3 is 0 Å². The van der Waals surface area contributed by atoms with Crippen LogP contribution < -0.4 is 4.72 Å². The van der Waals surface area contributed by atoms with E-state index >= 15 is 0 Å². The maximum absolute atomic E-state index is 11.9. The second-order valence-electron chi connectivity index (χ2n) is 4.29. The number of ether oxygens (including phenoxy) is 1. The van der Waals surface area contributed by atoms with Crippen molar-refractivity contribution in [3.63, 3.8) is 0 Å². The van der Waals surface area contributed by atoms with E-state index in [0.29, 0.717) is 17.9 Å². The SMILES string of the molecule is CN(C)CCOCCNS(=O)(=O)c1cc([N+](=O)[O-])c(Cl)s1. The first-order valence-electron chi connectivity index (χ1n) is 5.90. The van der Waals surface area contributed by atoms with Crippen LogP contribution in [0.2, 0.25) is 4.34 Å². The lowest BCUT2D eigenvalue weighted by Gasteiger charge is -2.10. The van der Waals surface area contributed by atoms with Gasteiger partial charge < -0.3 is 9.64 Å². The molecule has 1 aromatic heterocycles. The fourth-order valence-corrected chi connectivity index (χ4v) is 3.99. The molecular weight excluding hydrogens is 342 g/mol. The highest BCUT2D eigenvalue weighted by Gasteiger charge is 2.24. The summed E-state index contributed by atoms with van der Waals surface area (Å²) in [5, 5.41) is 10.6. The van der Waals surface area contributed by atoms with E-state index in [-0.39, 0.29) is 21.7 Å². The van der Waals surface area contributed by atoms with E-state index in [2.05, 4.69) is 4.72 Å². The number of halogens is 1. The third kappa shape index (κ3) is 5.85. The molecule has 0 saturated heterocycles. The van der Waals surface area contributed by atoms with Gasteiger partial charge in [-0.25, -0.2) is 13.1 Å². The highest BCUT2D eigenvalue weighted by Crippen LogP contribution is 2.35. The molecule has 1 N–H and O–H groups in total. The topological polar surface area (TPSA) is 102 Å². The average molecular weight is 358 g/mol. The van der Waals surface area contributed by atoms with Gasteiger partial charge in [-0.3, -0.25) is 10.1 Å².